The van der Waals surface area contributed by atoms with Crippen molar-refractivity contribution in [3.8, 4) is 11.5 Å². The van der Waals surface area contributed by atoms with Crippen LogP contribution in [0.15, 0.2) is 46.4 Å². The number of ether oxygens (including phenoxy) is 3. The quantitative estimate of drug-likeness (QED) is 0.485. The van der Waals surface area contributed by atoms with E-state index in [2.05, 4.69) is 4.99 Å². The molecule has 2 heterocycles. The standard InChI is InChI=1S/C17H13NO5S/c1-10(19)22-14-9-11(5-6-13(14)21-2)8-12-17(20)23-16(18-12)15-4-3-7-24-15/h3-9H,1-2H3/b12-8-. The molecule has 24 heavy (non-hydrogen) atoms. The molecule has 7 heteroatoms. The van der Waals surface area contributed by atoms with Crippen LogP contribution in [0.2, 0.25) is 0 Å². The van der Waals surface area contributed by atoms with Crippen LogP contribution in [0.4, 0.5) is 0 Å². The molecule has 0 fully saturated rings. The highest BCUT2D eigenvalue weighted by molar-refractivity contribution is 7.12. The lowest BCUT2D eigenvalue weighted by molar-refractivity contribution is -0.132. The third-order valence-corrected chi connectivity index (χ3v) is 3.96. The van der Waals surface area contributed by atoms with Gasteiger partial charge in [-0.3, -0.25) is 4.79 Å². The molecule has 0 spiro atoms. The minimum atomic E-state index is -0.525. The maximum absolute atomic E-state index is 12.0. The fourth-order valence-corrected chi connectivity index (χ4v) is 2.74. The van der Waals surface area contributed by atoms with E-state index in [9.17, 15) is 9.59 Å². The van der Waals surface area contributed by atoms with Gasteiger partial charge >= 0.3 is 11.9 Å². The van der Waals surface area contributed by atoms with Crippen molar-refractivity contribution >= 4 is 35.2 Å². The topological polar surface area (TPSA) is 74.2 Å². The third kappa shape index (κ3) is 3.36. The van der Waals surface area contributed by atoms with Gasteiger partial charge in [-0.2, -0.15) is 0 Å². The van der Waals surface area contributed by atoms with Crippen molar-refractivity contribution in [3.63, 3.8) is 0 Å². The minimum Gasteiger partial charge on any atom is -0.493 e. The van der Waals surface area contributed by atoms with E-state index in [0.717, 1.165) is 4.88 Å². The lowest BCUT2D eigenvalue weighted by atomic mass is 10.1. The van der Waals surface area contributed by atoms with Crippen LogP contribution >= 0.6 is 11.3 Å². The summed E-state index contributed by atoms with van der Waals surface area (Å²) in [5.41, 5.74) is 0.813. The molecule has 0 amide bonds. The Hall–Kier alpha value is -2.93. The largest absolute Gasteiger partial charge is 0.493 e. The van der Waals surface area contributed by atoms with Gasteiger partial charge in [-0.25, -0.2) is 9.79 Å². The normalized spacial score (nSPS) is 15.2. The van der Waals surface area contributed by atoms with Crippen molar-refractivity contribution in [2.24, 2.45) is 4.99 Å². The average molecular weight is 343 g/mol. The number of nitrogens with zero attached hydrogens (tertiary/aromatic N) is 1. The van der Waals surface area contributed by atoms with Crippen molar-refractivity contribution in [1.82, 2.24) is 0 Å². The van der Waals surface area contributed by atoms with Gasteiger partial charge in [0.05, 0.1) is 12.0 Å². The molecule has 0 unspecified atom stereocenters. The second-order valence-corrected chi connectivity index (χ2v) is 5.76. The molecule has 0 bridgehead atoms. The Morgan fingerprint density at radius 3 is 2.79 bits per heavy atom. The molecular formula is C17H13NO5S. The second kappa shape index (κ2) is 6.67. The van der Waals surface area contributed by atoms with Crippen molar-refractivity contribution in [1.29, 1.82) is 0 Å². The zero-order valence-electron chi connectivity index (χ0n) is 12.9. The lowest BCUT2D eigenvalue weighted by Gasteiger charge is -2.08. The summed E-state index contributed by atoms with van der Waals surface area (Å²) in [4.78, 5) is 28.1. The first-order valence-corrected chi connectivity index (χ1v) is 7.87. The maximum Gasteiger partial charge on any atom is 0.363 e. The highest BCUT2D eigenvalue weighted by Crippen LogP contribution is 2.30. The summed E-state index contributed by atoms with van der Waals surface area (Å²) in [7, 11) is 1.48. The zero-order valence-corrected chi connectivity index (χ0v) is 13.8. The predicted octanol–water partition coefficient (Wildman–Crippen LogP) is 3.03. The molecule has 0 aliphatic carbocycles. The molecule has 6 nitrogen and oxygen atoms in total. The molecule has 0 saturated heterocycles. The molecule has 0 N–H and O–H groups in total. The Morgan fingerprint density at radius 1 is 1.29 bits per heavy atom. The van der Waals surface area contributed by atoms with Crippen molar-refractivity contribution < 1.29 is 23.8 Å². The molecule has 0 radical (unpaired) electrons. The first-order chi connectivity index (χ1) is 11.6. The molecular weight excluding hydrogens is 330 g/mol. The number of hydrogen-bond acceptors (Lipinski definition) is 7. The molecule has 3 rings (SSSR count). The fraction of sp³-hybridized carbons (Fsp3) is 0.118. The van der Waals surface area contributed by atoms with E-state index in [-0.39, 0.29) is 17.3 Å². The number of cyclic esters (lactones) is 1. The molecule has 122 valence electrons. The molecule has 2 aromatic rings. The number of thiophene rings is 1. The monoisotopic (exact) mass is 343 g/mol. The molecule has 1 aliphatic heterocycles. The van der Waals surface area contributed by atoms with Gasteiger partial charge in [-0.05, 0) is 35.2 Å². The number of aliphatic imine (C=N–C) groups is 1. The summed E-state index contributed by atoms with van der Waals surface area (Å²) in [6, 6.07) is 8.65. The number of methoxy groups -OCH3 is 1. The van der Waals surface area contributed by atoms with Gasteiger partial charge < -0.3 is 14.2 Å². The van der Waals surface area contributed by atoms with Gasteiger partial charge in [0, 0.05) is 6.92 Å². The van der Waals surface area contributed by atoms with Crippen LogP contribution in [0, 0.1) is 0 Å². The van der Waals surface area contributed by atoms with Crippen LogP contribution in [-0.4, -0.2) is 24.9 Å². The van der Waals surface area contributed by atoms with Crippen LogP contribution < -0.4 is 9.47 Å². The lowest BCUT2D eigenvalue weighted by Crippen LogP contribution is -2.04. The second-order valence-electron chi connectivity index (χ2n) is 4.82. The summed E-state index contributed by atoms with van der Waals surface area (Å²) >= 11 is 1.44. The Bertz CT molecular complexity index is 852. The Morgan fingerprint density at radius 2 is 2.12 bits per heavy atom. The Kier molecular flexibility index (Phi) is 4.43. The summed E-state index contributed by atoms with van der Waals surface area (Å²) in [5.74, 6) is -0.00749. The number of rotatable bonds is 4. The van der Waals surface area contributed by atoms with Gasteiger partial charge in [0.25, 0.3) is 0 Å². The van der Waals surface area contributed by atoms with Gasteiger partial charge in [0.2, 0.25) is 5.90 Å². The average Bonchev–Trinajstić information content (AvgIpc) is 3.17. The van der Waals surface area contributed by atoms with E-state index in [1.807, 2.05) is 17.5 Å². The number of carbonyl (C=O) groups excluding carboxylic acids is 2. The first-order valence-electron chi connectivity index (χ1n) is 6.99. The van der Waals surface area contributed by atoms with Gasteiger partial charge in [0.15, 0.2) is 17.2 Å². The van der Waals surface area contributed by atoms with Crippen molar-refractivity contribution in [3.05, 3.63) is 51.8 Å². The van der Waals surface area contributed by atoms with Gasteiger partial charge in [-0.1, -0.05) is 12.1 Å². The smallest absolute Gasteiger partial charge is 0.363 e. The minimum absolute atomic E-state index is 0.178. The van der Waals surface area contributed by atoms with Gasteiger partial charge in [0.1, 0.15) is 0 Å². The third-order valence-electron chi connectivity index (χ3n) is 3.10. The van der Waals surface area contributed by atoms with E-state index < -0.39 is 11.9 Å². The summed E-state index contributed by atoms with van der Waals surface area (Å²) in [6.45, 7) is 1.30. The van der Waals surface area contributed by atoms with E-state index in [4.69, 9.17) is 14.2 Å². The fourth-order valence-electron chi connectivity index (χ4n) is 2.09. The summed E-state index contributed by atoms with van der Waals surface area (Å²) in [5, 5.41) is 1.88. The highest BCUT2D eigenvalue weighted by Gasteiger charge is 2.24. The SMILES string of the molecule is COc1ccc(/C=C2\N=C(c3cccs3)OC2=O)cc1OC(C)=O. The predicted molar refractivity (Wildman–Crippen MR) is 89.2 cm³/mol. The van der Waals surface area contributed by atoms with Crippen molar-refractivity contribution in [2.75, 3.05) is 7.11 Å². The van der Waals surface area contributed by atoms with E-state index in [0.29, 0.717) is 11.3 Å². The molecule has 1 aliphatic rings. The Balaban J connectivity index is 1.93. The molecule has 0 saturated carbocycles. The van der Waals surface area contributed by atoms with E-state index in [1.54, 1.807) is 24.3 Å². The number of hydrogen-bond donors (Lipinski definition) is 0. The highest BCUT2D eigenvalue weighted by atomic mass is 32.1. The zero-order chi connectivity index (χ0) is 17.1. The van der Waals surface area contributed by atoms with E-state index >= 15 is 0 Å². The number of benzene rings is 1. The van der Waals surface area contributed by atoms with Crippen LogP contribution in [0.25, 0.3) is 6.08 Å². The maximum atomic E-state index is 12.0. The summed E-state index contributed by atoms with van der Waals surface area (Å²) < 4.78 is 15.4. The van der Waals surface area contributed by atoms with Crippen molar-refractivity contribution in [2.45, 2.75) is 6.92 Å². The molecule has 1 aromatic carbocycles. The van der Waals surface area contributed by atoms with Crippen LogP contribution in [0.3, 0.4) is 0 Å². The van der Waals surface area contributed by atoms with Crippen LogP contribution in [-0.2, 0) is 14.3 Å². The van der Waals surface area contributed by atoms with E-state index in [1.165, 1.54) is 25.4 Å². The summed E-state index contributed by atoms with van der Waals surface area (Å²) in [6.07, 6.45) is 1.56. The first kappa shape index (κ1) is 15.9. The van der Waals surface area contributed by atoms with Crippen LogP contribution in [0.1, 0.15) is 17.4 Å². The Labute approximate surface area is 142 Å². The number of esters is 2. The molecule has 1 aromatic heterocycles. The number of carbonyl (C=O) groups is 2. The van der Waals surface area contributed by atoms with Crippen LogP contribution in [0.5, 0.6) is 11.5 Å². The van der Waals surface area contributed by atoms with Gasteiger partial charge in [-0.15, -0.1) is 11.3 Å². The molecule has 0 atom stereocenters.